The van der Waals surface area contributed by atoms with Gasteiger partial charge in [0, 0.05) is 17.5 Å². The molecule has 0 aliphatic rings. The molecule has 0 amide bonds. The predicted molar refractivity (Wildman–Crippen MR) is 65.2 cm³/mol. The molecule has 5 heteroatoms. The second kappa shape index (κ2) is 6.31. The van der Waals surface area contributed by atoms with E-state index >= 15 is 0 Å². The van der Waals surface area contributed by atoms with E-state index in [0.29, 0.717) is 10.9 Å². The van der Waals surface area contributed by atoms with Gasteiger partial charge in [0.05, 0.1) is 5.75 Å². The van der Waals surface area contributed by atoms with Crippen molar-refractivity contribution in [3.05, 3.63) is 29.8 Å². The highest BCUT2D eigenvalue weighted by molar-refractivity contribution is 7.99. The fourth-order valence-corrected chi connectivity index (χ4v) is 1.85. The van der Waals surface area contributed by atoms with E-state index in [0.717, 1.165) is 23.9 Å². The molecule has 0 bridgehead atoms. The number of benzene rings is 1. The molecule has 0 radical (unpaired) electrons. The number of hydrogen-bond acceptors (Lipinski definition) is 2. The highest BCUT2D eigenvalue weighted by Crippen LogP contribution is 2.27. The molecule has 0 spiro atoms. The number of thioether (sulfide) groups is 1. The minimum Gasteiger partial charge on any atom is -0.310 e. The number of hydrogen-bond donors (Lipinski definition) is 1. The van der Waals surface area contributed by atoms with E-state index in [1.54, 1.807) is 12.1 Å². The number of halogens is 3. The van der Waals surface area contributed by atoms with Gasteiger partial charge in [-0.1, -0.05) is 26.0 Å². The third-order valence-corrected chi connectivity index (χ3v) is 3.12. The maximum atomic E-state index is 12.0. The summed E-state index contributed by atoms with van der Waals surface area (Å²) in [7, 11) is 0. The molecule has 0 saturated heterocycles. The summed E-state index contributed by atoms with van der Waals surface area (Å²) in [6.07, 6.45) is -4.11. The maximum absolute atomic E-state index is 12.0. The van der Waals surface area contributed by atoms with E-state index < -0.39 is 11.9 Å². The summed E-state index contributed by atoms with van der Waals surface area (Å²) < 4.78 is 36.0. The van der Waals surface area contributed by atoms with Crippen LogP contribution in [0.15, 0.2) is 29.2 Å². The van der Waals surface area contributed by atoms with Crippen molar-refractivity contribution in [3.63, 3.8) is 0 Å². The molecule has 0 aliphatic heterocycles. The average molecular weight is 263 g/mol. The molecule has 0 aliphatic carbocycles. The van der Waals surface area contributed by atoms with Gasteiger partial charge in [-0.15, -0.1) is 11.8 Å². The zero-order valence-electron chi connectivity index (χ0n) is 9.84. The van der Waals surface area contributed by atoms with Crippen LogP contribution in [0.5, 0.6) is 0 Å². The lowest BCUT2D eigenvalue weighted by Gasteiger charge is -2.09. The van der Waals surface area contributed by atoms with Gasteiger partial charge >= 0.3 is 6.18 Å². The first kappa shape index (κ1) is 14.4. The third kappa shape index (κ3) is 6.58. The lowest BCUT2D eigenvalue weighted by atomic mass is 10.2. The van der Waals surface area contributed by atoms with E-state index in [9.17, 15) is 13.2 Å². The minimum atomic E-state index is -4.11. The highest BCUT2D eigenvalue weighted by atomic mass is 32.2. The molecule has 17 heavy (non-hydrogen) atoms. The Balaban J connectivity index is 2.45. The second-order valence-corrected chi connectivity index (χ2v) is 5.13. The van der Waals surface area contributed by atoms with Gasteiger partial charge in [0.1, 0.15) is 0 Å². The molecular weight excluding hydrogens is 247 g/mol. The van der Waals surface area contributed by atoms with Gasteiger partial charge in [0.15, 0.2) is 0 Å². The van der Waals surface area contributed by atoms with Crippen LogP contribution in [0.1, 0.15) is 19.4 Å². The molecule has 1 aromatic carbocycles. The quantitative estimate of drug-likeness (QED) is 0.810. The van der Waals surface area contributed by atoms with Crippen LogP contribution in [0.2, 0.25) is 0 Å². The van der Waals surface area contributed by atoms with Crippen molar-refractivity contribution >= 4 is 11.8 Å². The fraction of sp³-hybridized carbons (Fsp3) is 0.500. The largest absolute Gasteiger partial charge is 0.398 e. The molecule has 0 fully saturated rings. The van der Waals surface area contributed by atoms with Crippen molar-refractivity contribution in [1.82, 2.24) is 5.32 Å². The molecule has 96 valence electrons. The van der Waals surface area contributed by atoms with Crippen molar-refractivity contribution in [2.75, 3.05) is 5.75 Å². The van der Waals surface area contributed by atoms with Gasteiger partial charge in [-0.05, 0) is 17.7 Å². The van der Waals surface area contributed by atoms with Crippen molar-refractivity contribution < 1.29 is 13.2 Å². The lowest BCUT2D eigenvalue weighted by molar-refractivity contribution is -0.105. The Labute approximate surface area is 104 Å². The Morgan fingerprint density at radius 3 is 2.24 bits per heavy atom. The smallest absolute Gasteiger partial charge is 0.310 e. The minimum absolute atomic E-state index is 0.397. The molecule has 1 rings (SSSR count). The van der Waals surface area contributed by atoms with Gasteiger partial charge in [-0.25, -0.2) is 0 Å². The first-order valence-corrected chi connectivity index (χ1v) is 6.37. The molecule has 0 aromatic heterocycles. The van der Waals surface area contributed by atoms with Crippen molar-refractivity contribution in [3.8, 4) is 0 Å². The van der Waals surface area contributed by atoms with E-state index in [4.69, 9.17) is 0 Å². The Morgan fingerprint density at radius 2 is 1.76 bits per heavy atom. The van der Waals surface area contributed by atoms with E-state index in [2.05, 4.69) is 5.32 Å². The summed E-state index contributed by atoms with van der Waals surface area (Å²) in [5.41, 5.74) is 1.08. The molecule has 1 aromatic rings. The second-order valence-electron chi connectivity index (χ2n) is 4.08. The Bertz CT molecular complexity index is 333. The van der Waals surface area contributed by atoms with E-state index in [-0.39, 0.29) is 0 Å². The molecule has 0 saturated carbocycles. The highest BCUT2D eigenvalue weighted by Gasteiger charge is 2.27. The van der Waals surface area contributed by atoms with Crippen LogP contribution in [-0.4, -0.2) is 18.0 Å². The van der Waals surface area contributed by atoms with Crippen LogP contribution in [0.4, 0.5) is 13.2 Å². The predicted octanol–water partition coefficient (Wildman–Crippen LogP) is 3.84. The normalized spacial score (nSPS) is 12.1. The van der Waals surface area contributed by atoms with E-state index in [1.165, 1.54) is 0 Å². The number of rotatable bonds is 5. The summed E-state index contributed by atoms with van der Waals surface area (Å²) in [6, 6.07) is 7.57. The van der Waals surface area contributed by atoms with Gasteiger partial charge in [0.2, 0.25) is 0 Å². The summed E-state index contributed by atoms with van der Waals surface area (Å²) in [6.45, 7) is 4.84. The van der Waals surface area contributed by atoms with Crippen molar-refractivity contribution in [2.45, 2.75) is 37.5 Å². The Kier molecular flexibility index (Phi) is 5.33. The first-order valence-electron chi connectivity index (χ1n) is 5.39. The molecule has 1 N–H and O–H groups in total. The summed E-state index contributed by atoms with van der Waals surface area (Å²) >= 11 is 0.815. The molecule has 1 nitrogen and oxygen atoms in total. The molecule has 0 unspecified atom stereocenters. The Morgan fingerprint density at radius 1 is 1.18 bits per heavy atom. The maximum Gasteiger partial charge on any atom is 0.398 e. The van der Waals surface area contributed by atoms with Gasteiger partial charge < -0.3 is 5.32 Å². The number of nitrogens with one attached hydrogen (secondary N) is 1. The van der Waals surface area contributed by atoms with Crippen molar-refractivity contribution in [2.24, 2.45) is 0 Å². The first-order chi connectivity index (χ1) is 7.87. The topological polar surface area (TPSA) is 12.0 Å². The van der Waals surface area contributed by atoms with Crippen LogP contribution in [0.25, 0.3) is 0 Å². The van der Waals surface area contributed by atoms with Gasteiger partial charge in [0.25, 0.3) is 0 Å². The van der Waals surface area contributed by atoms with Crippen LogP contribution in [0.3, 0.4) is 0 Å². The zero-order valence-corrected chi connectivity index (χ0v) is 10.7. The van der Waals surface area contributed by atoms with Gasteiger partial charge in [-0.3, -0.25) is 0 Å². The summed E-state index contributed by atoms with van der Waals surface area (Å²) in [4.78, 5) is 0.649. The third-order valence-electron chi connectivity index (χ3n) is 2.04. The average Bonchev–Trinajstić information content (AvgIpc) is 2.24. The molecular formula is C12H16F3NS. The van der Waals surface area contributed by atoms with Crippen LogP contribution in [-0.2, 0) is 6.54 Å². The Hall–Kier alpha value is -0.680. The lowest BCUT2D eigenvalue weighted by Crippen LogP contribution is -2.21. The molecule has 0 heterocycles. The SMILES string of the molecule is CC(C)NCc1ccc(SCC(F)(F)F)cc1. The van der Waals surface area contributed by atoms with Gasteiger partial charge in [-0.2, -0.15) is 13.2 Å². The standard InChI is InChI=1S/C12H16F3NS/c1-9(2)16-7-10-3-5-11(6-4-10)17-8-12(13,14)15/h3-6,9,16H,7-8H2,1-2H3. The molecule has 0 atom stereocenters. The summed E-state index contributed by atoms with van der Waals surface area (Å²) in [5, 5.41) is 3.25. The van der Waals surface area contributed by atoms with Crippen LogP contribution in [0, 0.1) is 0 Å². The summed E-state index contributed by atoms with van der Waals surface area (Å²) in [5.74, 6) is -0.837. The van der Waals surface area contributed by atoms with E-state index in [1.807, 2.05) is 26.0 Å². The zero-order chi connectivity index (χ0) is 12.9. The van der Waals surface area contributed by atoms with Crippen LogP contribution >= 0.6 is 11.8 Å². The number of alkyl halides is 3. The van der Waals surface area contributed by atoms with Crippen LogP contribution < -0.4 is 5.32 Å². The monoisotopic (exact) mass is 263 g/mol. The fourth-order valence-electron chi connectivity index (χ4n) is 1.19. The van der Waals surface area contributed by atoms with Crippen molar-refractivity contribution in [1.29, 1.82) is 0 Å².